The lowest BCUT2D eigenvalue weighted by Crippen LogP contribution is -2.13. The van der Waals surface area contributed by atoms with Gasteiger partial charge in [-0.1, -0.05) is 29.8 Å². The number of hydrogen-bond acceptors (Lipinski definition) is 2. The zero-order chi connectivity index (χ0) is 16.9. The smallest absolute Gasteiger partial charge is 0.255 e. The van der Waals surface area contributed by atoms with Crippen LogP contribution in [0.2, 0.25) is 0 Å². The average molecular weight is 316 g/mol. The fraction of sp³-hybridized carbons (Fsp3) is 0.143. The number of aromatic nitrogens is 1. The Balaban J connectivity index is 1.68. The van der Waals surface area contributed by atoms with Crippen LogP contribution in [-0.2, 0) is 6.42 Å². The van der Waals surface area contributed by atoms with Crippen molar-refractivity contribution in [1.29, 1.82) is 0 Å². The van der Waals surface area contributed by atoms with Crippen molar-refractivity contribution in [3.05, 3.63) is 94.8 Å². The van der Waals surface area contributed by atoms with Gasteiger partial charge in [-0.15, -0.1) is 0 Å². The molecule has 1 aromatic heterocycles. The summed E-state index contributed by atoms with van der Waals surface area (Å²) in [6.45, 7) is 3.98. The summed E-state index contributed by atoms with van der Waals surface area (Å²) >= 11 is 0. The van der Waals surface area contributed by atoms with E-state index < -0.39 is 0 Å². The van der Waals surface area contributed by atoms with E-state index in [0.29, 0.717) is 5.56 Å². The predicted octanol–water partition coefficient (Wildman–Crippen LogP) is 4.54. The summed E-state index contributed by atoms with van der Waals surface area (Å²) in [6, 6.07) is 17.8. The molecule has 3 rings (SSSR count). The average Bonchev–Trinajstić information content (AvgIpc) is 2.57. The zero-order valence-electron chi connectivity index (χ0n) is 13.9. The molecule has 0 unspecified atom stereocenters. The van der Waals surface area contributed by atoms with Gasteiger partial charge < -0.3 is 5.32 Å². The number of amides is 1. The minimum absolute atomic E-state index is 0.0746. The Morgan fingerprint density at radius 3 is 2.25 bits per heavy atom. The third kappa shape index (κ3) is 3.87. The van der Waals surface area contributed by atoms with E-state index in [1.54, 1.807) is 12.4 Å². The molecule has 3 heteroatoms. The van der Waals surface area contributed by atoms with Crippen LogP contribution in [0, 0.1) is 13.8 Å². The van der Waals surface area contributed by atoms with Crippen molar-refractivity contribution in [1.82, 2.24) is 4.98 Å². The highest BCUT2D eigenvalue weighted by atomic mass is 16.1. The summed E-state index contributed by atoms with van der Waals surface area (Å²) < 4.78 is 0. The molecule has 0 fully saturated rings. The second-order valence-corrected chi connectivity index (χ2v) is 6.00. The van der Waals surface area contributed by atoms with E-state index in [1.165, 1.54) is 11.1 Å². The van der Waals surface area contributed by atoms with Crippen LogP contribution in [0.1, 0.15) is 32.6 Å². The molecular weight excluding hydrogens is 296 g/mol. The summed E-state index contributed by atoms with van der Waals surface area (Å²) in [4.78, 5) is 16.4. The molecule has 3 nitrogen and oxygen atoms in total. The van der Waals surface area contributed by atoms with Crippen LogP contribution in [0.15, 0.2) is 67.0 Å². The van der Waals surface area contributed by atoms with Crippen molar-refractivity contribution in [3.8, 4) is 0 Å². The van der Waals surface area contributed by atoms with Crippen LogP contribution in [0.5, 0.6) is 0 Å². The minimum atomic E-state index is -0.0746. The summed E-state index contributed by atoms with van der Waals surface area (Å²) in [5.41, 5.74) is 6.08. The van der Waals surface area contributed by atoms with Crippen molar-refractivity contribution >= 4 is 11.6 Å². The van der Waals surface area contributed by atoms with Gasteiger partial charge in [-0.3, -0.25) is 9.78 Å². The molecule has 1 heterocycles. The number of hydrogen-bond donors (Lipinski definition) is 1. The number of benzene rings is 2. The Labute approximate surface area is 142 Å². The van der Waals surface area contributed by atoms with Gasteiger partial charge in [0, 0.05) is 23.6 Å². The van der Waals surface area contributed by atoms with Gasteiger partial charge in [-0.2, -0.15) is 0 Å². The number of anilines is 1. The topological polar surface area (TPSA) is 42.0 Å². The standard InChI is InChI=1S/C21H20N2O/c1-15-3-8-20(16(2)13-15)21(24)23-19-6-4-17(5-7-19)14-18-9-11-22-12-10-18/h3-13H,14H2,1-2H3,(H,23,24). The summed E-state index contributed by atoms with van der Waals surface area (Å²) in [5.74, 6) is -0.0746. The SMILES string of the molecule is Cc1ccc(C(=O)Nc2ccc(Cc3ccncc3)cc2)c(C)c1. The second-order valence-electron chi connectivity index (χ2n) is 6.00. The van der Waals surface area contributed by atoms with Crippen molar-refractivity contribution in [3.63, 3.8) is 0 Å². The fourth-order valence-electron chi connectivity index (χ4n) is 2.71. The fourth-order valence-corrected chi connectivity index (χ4v) is 2.71. The van der Waals surface area contributed by atoms with E-state index >= 15 is 0 Å². The Kier molecular flexibility index (Phi) is 4.71. The first kappa shape index (κ1) is 15.9. The molecule has 0 atom stereocenters. The first-order valence-electron chi connectivity index (χ1n) is 7.98. The monoisotopic (exact) mass is 316 g/mol. The summed E-state index contributed by atoms with van der Waals surface area (Å²) in [5, 5.41) is 2.96. The van der Waals surface area contributed by atoms with Gasteiger partial charge in [0.2, 0.25) is 0 Å². The van der Waals surface area contributed by atoms with Gasteiger partial charge in [-0.25, -0.2) is 0 Å². The highest BCUT2D eigenvalue weighted by Crippen LogP contribution is 2.16. The number of carbonyl (C=O) groups is 1. The Morgan fingerprint density at radius 2 is 1.58 bits per heavy atom. The third-order valence-electron chi connectivity index (χ3n) is 4.00. The maximum atomic E-state index is 12.4. The molecule has 0 saturated carbocycles. The Morgan fingerprint density at radius 1 is 0.917 bits per heavy atom. The molecule has 0 aliphatic rings. The Hall–Kier alpha value is -2.94. The third-order valence-corrected chi connectivity index (χ3v) is 4.00. The first-order chi connectivity index (χ1) is 11.6. The lowest BCUT2D eigenvalue weighted by molar-refractivity contribution is 0.102. The second kappa shape index (κ2) is 7.09. The maximum absolute atomic E-state index is 12.4. The van der Waals surface area contributed by atoms with Gasteiger partial charge in [0.1, 0.15) is 0 Å². The molecule has 1 amide bonds. The molecule has 0 aliphatic carbocycles. The summed E-state index contributed by atoms with van der Waals surface area (Å²) in [6.07, 6.45) is 4.45. The predicted molar refractivity (Wildman–Crippen MR) is 97.4 cm³/mol. The molecule has 3 aromatic rings. The maximum Gasteiger partial charge on any atom is 0.255 e. The van der Waals surface area contributed by atoms with Crippen molar-refractivity contribution in [2.75, 3.05) is 5.32 Å². The van der Waals surface area contributed by atoms with Gasteiger partial charge in [0.05, 0.1) is 0 Å². The van der Waals surface area contributed by atoms with Crippen molar-refractivity contribution < 1.29 is 4.79 Å². The highest BCUT2D eigenvalue weighted by Gasteiger charge is 2.09. The van der Waals surface area contributed by atoms with E-state index in [4.69, 9.17) is 0 Å². The molecule has 1 N–H and O–H groups in total. The lowest BCUT2D eigenvalue weighted by Gasteiger charge is -2.09. The van der Waals surface area contributed by atoms with E-state index in [1.807, 2.05) is 68.4 Å². The van der Waals surface area contributed by atoms with Crippen molar-refractivity contribution in [2.45, 2.75) is 20.3 Å². The van der Waals surface area contributed by atoms with Gasteiger partial charge in [-0.05, 0) is 67.3 Å². The van der Waals surface area contributed by atoms with Crippen LogP contribution < -0.4 is 5.32 Å². The van der Waals surface area contributed by atoms with Crippen LogP contribution in [0.3, 0.4) is 0 Å². The largest absolute Gasteiger partial charge is 0.322 e. The van der Waals surface area contributed by atoms with Crippen LogP contribution >= 0.6 is 0 Å². The lowest BCUT2D eigenvalue weighted by atomic mass is 10.0. The molecule has 0 radical (unpaired) electrons. The Bertz CT molecular complexity index is 839. The number of carbonyl (C=O) groups excluding carboxylic acids is 1. The van der Waals surface area contributed by atoms with E-state index in [-0.39, 0.29) is 5.91 Å². The van der Waals surface area contributed by atoms with Gasteiger partial charge >= 0.3 is 0 Å². The molecule has 24 heavy (non-hydrogen) atoms. The number of pyridine rings is 1. The zero-order valence-corrected chi connectivity index (χ0v) is 13.9. The van der Waals surface area contributed by atoms with Gasteiger partial charge in [0.25, 0.3) is 5.91 Å². The molecule has 0 saturated heterocycles. The van der Waals surface area contributed by atoms with Crippen LogP contribution in [0.25, 0.3) is 0 Å². The number of aryl methyl sites for hydroxylation is 2. The van der Waals surface area contributed by atoms with Crippen LogP contribution in [0.4, 0.5) is 5.69 Å². The van der Waals surface area contributed by atoms with Crippen LogP contribution in [-0.4, -0.2) is 10.9 Å². The first-order valence-corrected chi connectivity index (χ1v) is 7.98. The molecular formula is C21H20N2O. The number of rotatable bonds is 4. The van der Waals surface area contributed by atoms with E-state index in [2.05, 4.69) is 10.3 Å². The molecule has 120 valence electrons. The molecule has 0 aliphatic heterocycles. The summed E-state index contributed by atoms with van der Waals surface area (Å²) in [7, 11) is 0. The molecule has 0 bridgehead atoms. The van der Waals surface area contributed by atoms with E-state index in [9.17, 15) is 4.79 Å². The highest BCUT2D eigenvalue weighted by molar-refractivity contribution is 6.05. The van der Waals surface area contributed by atoms with E-state index in [0.717, 1.165) is 23.2 Å². The van der Waals surface area contributed by atoms with Crippen molar-refractivity contribution in [2.24, 2.45) is 0 Å². The van der Waals surface area contributed by atoms with Gasteiger partial charge in [0.15, 0.2) is 0 Å². The number of nitrogens with one attached hydrogen (secondary N) is 1. The quantitative estimate of drug-likeness (QED) is 0.767. The molecule has 0 spiro atoms. The molecule has 2 aromatic carbocycles. The number of nitrogens with zero attached hydrogens (tertiary/aromatic N) is 1. The normalized spacial score (nSPS) is 10.4. The minimum Gasteiger partial charge on any atom is -0.322 e.